The number of benzene rings is 1. The van der Waals surface area contributed by atoms with E-state index in [1.165, 1.54) is 0 Å². The number of rotatable bonds is 7. The predicted molar refractivity (Wildman–Crippen MR) is 137 cm³/mol. The molecule has 1 aromatic heterocycles. The zero-order chi connectivity index (χ0) is 26.8. The first-order valence-electron chi connectivity index (χ1n) is 12.5. The van der Waals surface area contributed by atoms with Crippen LogP contribution >= 0.6 is 0 Å². The Balaban J connectivity index is 1.40. The zero-order valence-electron chi connectivity index (χ0n) is 21.7. The Morgan fingerprint density at radius 1 is 1.11 bits per heavy atom. The molecule has 1 saturated carbocycles. The van der Waals surface area contributed by atoms with Crippen LogP contribution in [0.2, 0.25) is 0 Å². The Bertz CT molecular complexity index is 1230. The van der Waals surface area contributed by atoms with Crippen LogP contribution in [0.15, 0.2) is 30.6 Å². The van der Waals surface area contributed by atoms with Gasteiger partial charge in [0.1, 0.15) is 30.3 Å². The summed E-state index contributed by atoms with van der Waals surface area (Å²) in [5.41, 5.74) is 0.177. The van der Waals surface area contributed by atoms with Crippen molar-refractivity contribution in [3.05, 3.63) is 47.3 Å². The van der Waals surface area contributed by atoms with Crippen molar-refractivity contribution in [1.82, 2.24) is 15.3 Å². The number of hydrogen-bond donors (Lipinski definition) is 1. The first-order chi connectivity index (χ1) is 17.6. The third kappa shape index (κ3) is 4.99. The number of aldehydes is 1. The van der Waals surface area contributed by atoms with E-state index in [0.717, 1.165) is 32.2 Å². The van der Waals surface area contributed by atoms with E-state index in [4.69, 9.17) is 10.00 Å². The fourth-order valence-corrected chi connectivity index (χ4v) is 6.04. The second kappa shape index (κ2) is 10.2. The molecule has 2 aromatic rings. The Morgan fingerprint density at radius 2 is 1.73 bits per heavy atom. The molecule has 1 saturated heterocycles. The third-order valence-electron chi connectivity index (χ3n) is 7.83. The summed E-state index contributed by atoms with van der Waals surface area (Å²) < 4.78 is 6.28. The first kappa shape index (κ1) is 26.1. The highest BCUT2D eigenvalue weighted by molar-refractivity contribution is 5.94. The quantitative estimate of drug-likeness (QED) is 0.570. The van der Waals surface area contributed by atoms with Crippen molar-refractivity contribution in [2.24, 2.45) is 16.7 Å². The number of amides is 1. The standard InChI is InChI=1S/C28H32N6O3/c1-27(2)24(28(3,4)25(27)37-22-6-5-19(14-29)20(13-22)15-30)33-23(36)21-16-31-26(32-17-21)34-10-7-18(8-11-34)9-12-35/h5-6,12-13,16-18,24-25H,7-11H2,1-4H3,(H,33,36)/t24-,25-. The lowest BCUT2D eigenvalue weighted by Crippen LogP contribution is -2.74. The molecular weight excluding hydrogens is 468 g/mol. The second-order valence-electron chi connectivity index (χ2n) is 11.1. The van der Waals surface area contributed by atoms with Crippen LogP contribution in [0, 0.1) is 39.4 Å². The van der Waals surface area contributed by atoms with Gasteiger partial charge in [-0.05, 0) is 37.0 Å². The molecule has 1 N–H and O–H groups in total. The lowest BCUT2D eigenvalue weighted by molar-refractivity contribution is -0.164. The van der Waals surface area contributed by atoms with Gasteiger partial charge >= 0.3 is 0 Å². The number of anilines is 1. The highest BCUT2D eigenvalue weighted by Gasteiger charge is 2.64. The van der Waals surface area contributed by atoms with Crippen molar-refractivity contribution in [3.8, 4) is 17.9 Å². The largest absolute Gasteiger partial charge is 0.489 e. The summed E-state index contributed by atoms with van der Waals surface area (Å²) in [5.74, 6) is 1.29. The fraction of sp³-hybridized carbons (Fsp3) is 0.500. The maximum atomic E-state index is 13.1. The third-order valence-corrected chi connectivity index (χ3v) is 7.83. The Labute approximate surface area is 217 Å². The molecule has 192 valence electrons. The molecule has 9 heteroatoms. The lowest BCUT2D eigenvalue weighted by Gasteiger charge is -2.63. The normalized spacial score (nSPS) is 22.2. The van der Waals surface area contributed by atoms with Crippen molar-refractivity contribution >= 4 is 18.1 Å². The molecule has 0 atom stereocenters. The van der Waals surface area contributed by atoms with Gasteiger partial charge in [-0.25, -0.2) is 9.97 Å². The van der Waals surface area contributed by atoms with Crippen molar-refractivity contribution in [2.75, 3.05) is 18.0 Å². The second-order valence-corrected chi connectivity index (χ2v) is 11.1. The molecule has 1 aliphatic carbocycles. The molecule has 4 rings (SSSR count). The van der Waals surface area contributed by atoms with E-state index in [2.05, 4.69) is 20.2 Å². The van der Waals surface area contributed by atoms with Crippen LogP contribution in [0.1, 0.15) is 68.4 Å². The van der Waals surface area contributed by atoms with E-state index in [1.807, 2.05) is 39.8 Å². The maximum absolute atomic E-state index is 13.1. The van der Waals surface area contributed by atoms with Crippen LogP contribution in [-0.4, -0.2) is 47.4 Å². The van der Waals surface area contributed by atoms with E-state index in [1.54, 1.807) is 30.6 Å². The predicted octanol–water partition coefficient (Wildman–Crippen LogP) is 3.64. The van der Waals surface area contributed by atoms with Gasteiger partial charge in [0.25, 0.3) is 5.91 Å². The van der Waals surface area contributed by atoms with Gasteiger partial charge in [-0.1, -0.05) is 27.7 Å². The molecule has 37 heavy (non-hydrogen) atoms. The van der Waals surface area contributed by atoms with E-state index in [9.17, 15) is 14.9 Å². The topological polar surface area (TPSA) is 132 Å². The highest BCUT2D eigenvalue weighted by atomic mass is 16.5. The van der Waals surface area contributed by atoms with Gasteiger partial charge in [-0.2, -0.15) is 10.5 Å². The SMILES string of the molecule is CC1(C)[C@H](NC(=O)c2cnc(N3CCC(CC=O)CC3)nc2)C(C)(C)[C@H]1Oc1ccc(C#N)c(C#N)c1. The van der Waals surface area contributed by atoms with Crippen molar-refractivity contribution in [3.63, 3.8) is 0 Å². The van der Waals surface area contributed by atoms with Gasteiger partial charge in [0.05, 0.1) is 16.7 Å². The summed E-state index contributed by atoms with van der Waals surface area (Å²) in [7, 11) is 0. The van der Waals surface area contributed by atoms with E-state index < -0.39 is 10.8 Å². The number of carbonyl (C=O) groups is 2. The molecule has 2 aliphatic rings. The van der Waals surface area contributed by atoms with E-state index in [-0.39, 0.29) is 23.6 Å². The molecule has 2 fully saturated rings. The minimum absolute atomic E-state index is 0.178. The molecular formula is C28H32N6O3. The molecule has 0 spiro atoms. The summed E-state index contributed by atoms with van der Waals surface area (Å²) in [5, 5.41) is 21.6. The number of nitriles is 2. The lowest BCUT2D eigenvalue weighted by atomic mass is 9.49. The highest BCUT2D eigenvalue weighted by Crippen LogP contribution is 2.55. The van der Waals surface area contributed by atoms with Gasteiger partial charge in [0.15, 0.2) is 0 Å². The number of piperidine rings is 1. The number of carbonyl (C=O) groups excluding carboxylic acids is 2. The van der Waals surface area contributed by atoms with Crippen LogP contribution in [0.4, 0.5) is 5.95 Å². The Kier molecular flexibility index (Phi) is 7.18. The van der Waals surface area contributed by atoms with Crippen LogP contribution in [-0.2, 0) is 4.79 Å². The molecule has 9 nitrogen and oxygen atoms in total. The van der Waals surface area contributed by atoms with Gasteiger partial charge < -0.3 is 19.7 Å². The number of hydrogen-bond acceptors (Lipinski definition) is 8. The van der Waals surface area contributed by atoms with Crippen molar-refractivity contribution < 1.29 is 14.3 Å². The van der Waals surface area contributed by atoms with Gasteiger partial charge in [0, 0.05) is 48.8 Å². The van der Waals surface area contributed by atoms with Gasteiger partial charge in [-0.15, -0.1) is 0 Å². The van der Waals surface area contributed by atoms with Crippen LogP contribution in [0.3, 0.4) is 0 Å². The first-order valence-corrected chi connectivity index (χ1v) is 12.5. The molecule has 0 unspecified atom stereocenters. The van der Waals surface area contributed by atoms with Gasteiger partial charge in [-0.3, -0.25) is 4.79 Å². The summed E-state index contributed by atoms with van der Waals surface area (Å²) in [6.07, 6.45) is 6.33. The van der Waals surface area contributed by atoms with E-state index in [0.29, 0.717) is 35.2 Å². The van der Waals surface area contributed by atoms with Crippen LogP contribution in [0.5, 0.6) is 5.75 Å². The number of nitrogens with one attached hydrogen (secondary N) is 1. The number of nitrogens with zero attached hydrogens (tertiary/aromatic N) is 5. The molecule has 1 aliphatic heterocycles. The Hall–Kier alpha value is -3.98. The number of ether oxygens (including phenoxy) is 1. The monoisotopic (exact) mass is 500 g/mol. The maximum Gasteiger partial charge on any atom is 0.254 e. The summed E-state index contributed by atoms with van der Waals surface area (Å²) in [4.78, 5) is 34.8. The van der Waals surface area contributed by atoms with E-state index >= 15 is 0 Å². The average Bonchev–Trinajstić information content (AvgIpc) is 2.90. The minimum Gasteiger partial charge on any atom is -0.489 e. The van der Waals surface area contributed by atoms with Gasteiger partial charge in [0.2, 0.25) is 5.95 Å². The molecule has 1 amide bonds. The average molecular weight is 501 g/mol. The molecule has 0 radical (unpaired) electrons. The van der Waals surface area contributed by atoms with Crippen LogP contribution in [0.25, 0.3) is 0 Å². The zero-order valence-corrected chi connectivity index (χ0v) is 21.7. The minimum atomic E-state index is -0.396. The van der Waals surface area contributed by atoms with Crippen molar-refractivity contribution in [1.29, 1.82) is 10.5 Å². The molecule has 2 heterocycles. The molecule has 1 aromatic carbocycles. The summed E-state index contributed by atoms with van der Waals surface area (Å²) in [6.45, 7) is 9.75. The Morgan fingerprint density at radius 3 is 2.30 bits per heavy atom. The fourth-order valence-electron chi connectivity index (χ4n) is 6.04. The van der Waals surface area contributed by atoms with Crippen molar-refractivity contribution in [2.45, 2.75) is 59.1 Å². The van der Waals surface area contributed by atoms with Crippen LogP contribution < -0.4 is 15.0 Å². The summed E-state index contributed by atoms with van der Waals surface area (Å²) >= 11 is 0. The summed E-state index contributed by atoms with van der Waals surface area (Å²) in [6, 6.07) is 8.73. The molecule has 0 bridgehead atoms. The smallest absolute Gasteiger partial charge is 0.254 e. The number of aromatic nitrogens is 2.